The van der Waals surface area contributed by atoms with Gasteiger partial charge in [-0.05, 0) is 12.1 Å². The molecule has 6 nitrogen and oxygen atoms in total. The van der Waals surface area contributed by atoms with E-state index in [0.29, 0.717) is 44.1 Å². The Kier molecular flexibility index (Phi) is 4.18. The molecule has 1 atom stereocenters. The SMILES string of the molecule is CCC(=O)N1CCN(C(=O)C2COc3ccccc3O2)CC1. The second-order valence-corrected chi connectivity index (χ2v) is 5.42. The predicted molar refractivity (Wildman–Crippen MR) is 79.8 cm³/mol. The molecule has 0 N–H and O–H groups in total. The summed E-state index contributed by atoms with van der Waals surface area (Å²) in [5, 5.41) is 0. The maximum atomic E-state index is 12.5. The van der Waals surface area contributed by atoms with Crippen LogP contribution in [0, 0.1) is 0 Å². The van der Waals surface area contributed by atoms with E-state index < -0.39 is 6.10 Å². The lowest BCUT2D eigenvalue weighted by Crippen LogP contribution is -2.55. The summed E-state index contributed by atoms with van der Waals surface area (Å²) in [6, 6.07) is 7.34. The van der Waals surface area contributed by atoms with Gasteiger partial charge >= 0.3 is 0 Å². The number of carbonyl (C=O) groups excluding carboxylic acids is 2. The van der Waals surface area contributed by atoms with Crippen LogP contribution in [-0.2, 0) is 9.59 Å². The van der Waals surface area contributed by atoms with Crippen molar-refractivity contribution in [3.8, 4) is 11.5 Å². The number of hydrogen-bond acceptors (Lipinski definition) is 4. The van der Waals surface area contributed by atoms with E-state index in [4.69, 9.17) is 9.47 Å². The molecule has 22 heavy (non-hydrogen) atoms. The summed E-state index contributed by atoms with van der Waals surface area (Å²) >= 11 is 0. The molecule has 0 spiro atoms. The zero-order valence-corrected chi connectivity index (χ0v) is 12.7. The highest BCUT2D eigenvalue weighted by atomic mass is 16.6. The number of benzene rings is 1. The van der Waals surface area contributed by atoms with Gasteiger partial charge in [-0.25, -0.2) is 0 Å². The van der Waals surface area contributed by atoms with E-state index >= 15 is 0 Å². The number of rotatable bonds is 2. The fraction of sp³-hybridized carbons (Fsp3) is 0.500. The van der Waals surface area contributed by atoms with Crippen LogP contribution >= 0.6 is 0 Å². The van der Waals surface area contributed by atoms with Gasteiger partial charge in [0.2, 0.25) is 12.0 Å². The number of amides is 2. The van der Waals surface area contributed by atoms with Crippen LogP contribution in [-0.4, -0.2) is 60.5 Å². The second kappa shape index (κ2) is 6.25. The first-order chi connectivity index (χ1) is 10.7. The van der Waals surface area contributed by atoms with Crippen LogP contribution in [0.25, 0.3) is 0 Å². The minimum atomic E-state index is -0.608. The summed E-state index contributed by atoms with van der Waals surface area (Å²) in [7, 11) is 0. The second-order valence-electron chi connectivity index (χ2n) is 5.42. The van der Waals surface area contributed by atoms with Gasteiger partial charge in [0.15, 0.2) is 11.5 Å². The van der Waals surface area contributed by atoms with Crippen molar-refractivity contribution in [1.29, 1.82) is 0 Å². The number of para-hydroxylation sites is 2. The van der Waals surface area contributed by atoms with E-state index in [1.54, 1.807) is 15.9 Å². The molecule has 1 fully saturated rings. The topological polar surface area (TPSA) is 59.1 Å². The van der Waals surface area contributed by atoms with Crippen LogP contribution in [0.4, 0.5) is 0 Å². The van der Waals surface area contributed by atoms with E-state index in [0.717, 1.165) is 0 Å². The quantitative estimate of drug-likeness (QED) is 0.815. The average molecular weight is 304 g/mol. The Morgan fingerprint density at radius 3 is 2.41 bits per heavy atom. The standard InChI is InChI=1S/C16H20N2O4/c1-2-15(19)17-7-9-18(10-8-17)16(20)14-11-21-12-5-3-4-6-13(12)22-14/h3-6,14H,2,7-11H2,1H3. The normalized spacial score (nSPS) is 20.7. The van der Waals surface area contributed by atoms with Crippen LogP contribution in [0.3, 0.4) is 0 Å². The molecule has 0 saturated carbocycles. The molecule has 1 saturated heterocycles. The summed E-state index contributed by atoms with van der Waals surface area (Å²) in [5.41, 5.74) is 0. The molecule has 6 heteroatoms. The third-order valence-corrected chi connectivity index (χ3v) is 4.03. The minimum Gasteiger partial charge on any atom is -0.485 e. The Hall–Kier alpha value is -2.24. The first-order valence-electron chi connectivity index (χ1n) is 7.64. The maximum Gasteiger partial charge on any atom is 0.267 e. The number of piperazine rings is 1. The number of ether oxygens (including phenoxy) is 2. The molecule has 118 valence electrons. The summed E-state index contributed by atoms with van der Waals surface area (Å²) in [4.78, 5) is 27.7. The zero-order valence-electron chi connectivity index (χ0n) is 12.7. The lowest BCUT2D eigenvalue weighted by molar-refractivity contribution is -0.146. The molecule has 0 bridgehead atoms. The van der Waals surface area contributed by atoms with Crippen LogP contribution in [0.5, 0.6) is 11.5 Å². The monoisotopic (exact) mass is 304 g/mol. The van der Waals surface area contributed by atoms with Gasteiger partial charge < -0.3 is 19.3 Å². The van der Waals surface area contributed by atoms with Gasteiger partial charge in [-0.3, -0.25) is 9.59 Å². The average Bonchev–Trinajstić information content (AvgIpc) is 2.60. The third kappa shape index (κ3) is 2.86. The van der Waals surface area contributed by atoms with E-state index in [2.05, 4.69) is 0 Å². The Balaban J connectivity index is 1.58. The van der Waals surface area contributed by atoms with Crippen LogP contribution < -0.4 is 9.47 Å². The Bertz CT molecular complexity index is 567. The molecule has 1 unspecified atom stereocenters. The Morgan fingerprint density at radius 1 is 1.09 bits per heavy atom. The van der Waals surface area contributed by atoms with E-state index in [9.17, 15) is 9.59 Å². The summed E-state index contributed by atoms with van der Waals surface area (Å²) in [5.74, 6) is 1.34. The summed E-state index contributed by atoms with van der Waals surface area (Å²) in [6.45, 7) is 4.35. The zero-order chi connectivity index (χ0) is 15.5. The number of nitrogens with zero attached hydrogens (tertiary/aromatic N) is 2. The fourth-order valence-corrected chi connectivity index (χ4v) is 2.74. The molecule has 3 rings (SSSR count). The first-order valence-corrected chi connectivity index (χ1v) is 7.64. The number of hydrogen-bond donors (Lipinski definition) is 0. The largest absolute Gasteiger partial charge is 0.485 e. The molecular formula is C16H20N2O4. The van der Waals surface area contributed by atoms with Crippen LogP contribution in [0.1, 0.15) is 13.3 Å². The van der Waals surface area contributed by atoms with Gasteiger partial charge in [0, 0.05) is 32.6 Å². The lowest BCUT2D eigenvalue weighted by atomic mass is 10.2. The van der Waals surface area contributed by atoms with Crippen LogP contribution in [0.2, 0.25) is 0 Å². The molecule has 2 aliphatic rings. The van der Waals surface area contributed by atoms with Gasteiger partial charge in [0.25, 0.3) is 5.91 Å². The molecule has 0 aliphatic carbocycles. The van der Waals surface area contributed by atoms with Gasteiger partial charge in [-0.15, -0.1) is 0 Å². The van der Waals surface area contributed by atoms with Crippen molar-refractivity contribution in [3.05, 3.63) is 24.3 Å². The van der Waals surface area contributed by atoms with Crippen molar-refractivity contribution in [1.82, 2.24) is 9.80 Å². The maximum absolute atomic E-state index is 12.5. The van der Waals surface area contributed by atoms with E-state index in [-0.39, 0.29) is 18.4 Å². The number of fused-ring (bicyclic) bond motifs is 1. The van der Waals surface area contributed by atoms with Gasteiger partial charge in [-0.2, -0.15) is 0 Å². The van der Waals surface area contributed by atoms with Crippen molar-refractivity contribution in [2.24, 2.45) is 0 Å². The van der Waals surface area contributed by atoms with Crippen molar-refractivity contribution in [3.63, 3.8) is 0 Å². The molecule has 2 heterocycles. The van der Waals surface area contributed by atoms with Crippen molar-refractivity contribution in [2.45, 2.75) is 19.4 Å². The van der Waals surface area contributed by atoms with E-state index in [1.807, 2.05) is 25.1 Å². The molecule has 1 aromatic rings. The summed E-state index contributed by atoms with van der Waals surface area (Å²) < 4.78 is 11.3. The first kappa shape index (κ1) is 14.7. The molecule has 0 radical (unpaired) electrons. The third-order valence-electron chi connectivity index (χ3n) is 4.03. The van der Waals surface area contributed by atoms with Gasteiger partial charge in [0.1, 0.15) is 6.61 Å². The highest BCUT2D eigenvalue weighted by Crippen LogP contribution is 2.31. The Morgan fingerprint density at radius 2 is 1.73 bits per heavy atom. The van der Waals surface area contributed by atoms with Crippen LogP contribution in [0.15, 0.2) is 24.3 Å². The van der Waals surface area contributed by atoms with Crippen molar-refractivity contribution in [2.75, 3.05) is 32.8 Å². The van der Waals surface area contributed by atoms with E-state index in [1.165, 1.54) is 0 Å². The number of carbonyl (C=O) groups is 2. The molecule has 2 aliphatic heterocycles. The highest BCUT2D eigenvalue weighted by Gasteiger charge is 2.33. The fourth-order valence-electron chi connectivity index (χ4n) is 2.74. The molecule has 2 amide bonds. The minimum absolute atomic E-state index is 0.0712. The van der Waals surface area contributed by atoms with Crippen molar-refractivity contribution < 1.29 is 19.1 Å². The van der Waals surface area contributed by atoms with Gasteiger partial charge in [0.05, 0.1) is 0 Å². The smallest absolute Gasteiger partial charge is 0.267 e. The lowest BCUT2D eigenvalue weighted by Gasteiger charge is -2.37. The van der Waals surface area contributed by atoms with Gasteiger partial charge in [-0.1, -0.05) is 19.1 Å². The molecular weight excluding hydrogens is 284 g/mol. The molecule has 0 aromatic heterocycles. The highest BCUT2D eigenvalue weighted by molar-refractivity contribution is 5.82. The molecule has 1 aromatic carbocycles. The summed E-state index contributed by atoms with van der Waals surface area (Å²) in [6.07, 6.45) is -0.104. The Labute approximate surface area is 129 Å². The van der Waals surface area contributed by atoms with Crippen molar-refractivity contribution >= 4 is 11.8 Å². The predicted octanol–water partition coefficient (Wildman–Crippen LogP) is 0.907.